The number of halogens is 1. The van der Waals surface area contributed by atoms with Gasteiger partial charge < -0.3 is 5.32 Å². The van der Waals surface area contributed by atoms with Crippen LogP contribution in [0.15, 0.2) is 62.9 Å². The Hall–Kier alpha value is -2.07. The number of benzene rings is 2. The Labute approximate surface area is 168 Å². The lowest BCUT2D eigenvalue weighted by atomic mass is 10.2. The first-order valence-corrected chi connectivity index (χ1v) is 9.83. The first-order chi connectivity index (χ1) is 12.4. The summed E-state index contributed by atoms with van der Waals surface area (Å²) in [4.78, 5) is 24.5. The Bertz CT molecular complexity index is 965. The molecule has 8 heteroatoms. The highest BCUT2D eigenvalue weighted by Gasteiger charge is 2.28. The SMILES string of the molecule is Cc1ccc(-[n+]2[nH]oc(=O)c2SC(C)C(=O)Nc2ccc(I)cc2)cc1. The molecule has 0 spiro atoms. The molecule has 0 bridgehead atoms. The molecule has 0 aliphatic heterocycles. The van der Waals surface area contributed by atoms with Gasteiger partial charge in [-0.25, -0.2) is 4.79 Å². The molecule has 6 nitrogen and oxygen atoms in total. The van der Waals surface area contributed by atoms with E-state index in [2.05, 4.69) is 33.2 Å². The van der Waals surface area contributed by atoms with Crippen molar-refractivity contribution < 1.29 is 14.0 Å². The van der Waals surface area contributed by atoms with Gasteiger partial charge in [0.2, 0.25) is 11.6 Å². The van der Waals surface area contributed by atoms with E-state index in [0.717, 1.165) is 32.3 Å². The van der Waals surface area contributed by atoms with Crippen molar-refractivity contribution >= 4 is 45.9 Å². The highest BCUT2D eigenvalue weighted by Crippen LogP contribution is 2.20. The Morgan fingerprint density at radius 2 is 1.85 bits per heavy atom. The third-order valence-corrected chi connectivity index (χ3v) is 5.53. The molecule has 0 saturated carbocycles. The highest BCUT2D eigenvalue weighted by molar-refractivity contribution is 14.1. The Balaban J connectivity index is 1.76. The van der Waals surface area contributed by atoms with Crippen LogP contribution in [0.1, 0.15) is 12.5 Å². The van der Waals surface area contributed by atoms with Gasteiger partial charge in [0.1, 0.15) is 0 Å². The fourth-order valence-corrected chi connectivity index (χ4v) is 3.47. The molecule has 26 heavy (non-hydrogen) atoms. The van der Waals surface area contributed by atoms with Crippen LogP contribution in [0.5, 0.6) is 0 Å². The van der Waals surface area contributed by atoms with E-state index in [0.29, 0.717) is 5.03 Å². The Kier molecular flexibility index (Phi) is 5.82. The normalized spacial score (nSPS) is 12.0. The zero-order valence-corrected chi connectivity index (χ0v) is 17.1. The van der Waals surface area contributed by atoms with Crippen molar-refractivity contribution in [3.63, 3.8) is 0 Å². The van der Waals surface area contributed by atoms with E-state index in [1.54, 1.807) is 11.6 Å². The largest absolute Gasteiger partial charge is 0.442 e. The lowest BCUT2D eigenvalue weighted by Gasteiger charge is -2.09. The van der Waals surface area contributed by atoms with Gasteiger partial charge in [-0.15, -0.1) is 0 Å². The van der Waals surface area contributed by atoms with E-state index in [-0.39, 0.29) is 5.91 Å². The second-order valence-corrected chi connectivity index (χ2v) is 8.29. The highest BCUT2D eigenvalue weighted by atomic mass is 127. The van der Waals surface area contributed by atoms with Crippen LogP contribution in [0.3, 0.4) is 0 Å². The summed E-state index contributed by atoms with van der Waals surface area (Å²) in [6, 6.07) is 15.1. The van der Waals surface area contributed by atoms with Crippen molar-refractivity contribution in [1.82, 2.24) is 5.27 Å². The number of carbonyl (C=O) groups excluding carboxylic acids is 1. The fraction of sp³-hybridized carbons (Fsp3) is 0.167. The van der Waals surface area contributed by atoms with Crippen LogP contribution in [0.2, 0.25) is 0 Å². The van der Waals surface area contributed by atoms with Crippen molar-refractivity contribution in [2.24, 2.45) is 0 Å². The van der Waals surface area contributed by atoms with Gasteiger partial charge in [-0.1, -0.05) is 17.7 Å². The van der Waals surface area contributed by atoms with Gasteiger partial charge in [0, 0.05) is 21.4 Å². The molecule has 0 aliphatic rings. The van der Waals surface area contributed by atoms with E-state index in [1.807, 2.05) is 55.5 Å². The van der Waals surface area contributed by atoms with E-state index in [1.165, 1.54) is 0 Å². The molecule has 0 radical (unpaired) electrons. The molecular formula is C18H17IN3O3S+. The van der Waals surface area contributed by atoms with Gasteiger partial charge >= 0.3 is 10.7 Å². The zero-order chi connectivity index (χ0) is 18.7. The van der Waals surface area contributed by atoms with Gasteiger partial charge in [-0.2, -0.15) is 0 Å². The van der Waals surface area contributed by atoms with E-state index in [4.69, 9.17) is 4.52 Å². The molecule has 1 amide bonds. The van der Waals surface area contributed by atoms with Crippen LogP contribution in [0, 0.1) is 10.5 Å². The molecule has 134 valence electrons. The summed E-state index contributed by atoms with van der Waals surface area (Å²) in [5.74, 6) is -0.188. The summed E-state index contributed by atoms with van der Waals surface area (Å²) in [6.07, 6.45) is 0. The number of carbonyl (C=O) groups is 1. The predicted molar refractivity (Wildman–Crippen MR) is 109 cm³/mol. The summed E-state index contributed by atoms with van der Waals surface area (Å²) in [5, 5.41) is 5.27. The van der Waals surface area contributed by atoms with Crippen LogP contribution < -0.4 is 15.6 Å². The van der Waals surface area contributed by atoms with E-state index in [9.17, 15) is 9.59 Å². The standard InChI is InChI=1S/C18H16IN3O3S/c1-11-3-9-15(10-4-11)22-17(18(24)25-21-22)26-12(2)16(23)20-14-7-5-13(19)6-8-14/h3-10,12H,1-2H3,(H-,20,21,23,24)/p+1. The van der Waals surface area contributed by atoms with Gasteiger partial charge in [0.15, 0.2) is 0 Å². The number of aryl methyl sites for hydroxylation is 1. The molecule has 1 heterocycles. The lowest BCUT2D eigenvalue weighted by molar-refractivity contribution is -0.704. The van der Waals surface area contributed by atoms with E-state index < -0.39 is 10.9 Å². The van der Waals surface area contributed by atoms with Crippen molar-refractivity contribution in [3.8, 4) is 5.69 Å². The molecule has 2 N–H and O–H groups in total. The molecule has 0 fully saturated rings. The second-order valence-electron chi connectivity index (χ2n) is 5.71. The van der Waals surface area contributed by atoms with Crippen LogP contribution in [-0.4, -0.2) is 16.4 Å². The molecule has 0 aliphatic carbocycles. The molecule has 1 atom stereocenters. The summed E-state index contributed by atoms with van der Waals surface area (Å²) in [7, 11) is 0. The van der Waals surface area contributed by atoms with Gasteiger partial charge in [-0.3, -0.25) is 9.32 Å². The maximum absolute atomic E-state index is 12.4. The van der Waals surface area contributed by atoms with Crippen LogP contribution in [0.4, 0.5) is 5.69 Å². The predicted octanol–water partition coefficient (Wildman–Crippen LogP) is 3.28. The number of aromatic amines is 1. The third kappa shape index (κ3) is 4.36. The number of nitrogens with one attached hydrogen (secondary N) is 2. The monoisotopic (exact) mass is 482 g/mol. The van der Waals surface area contributed by atoms with Crippen LogP contribution >= 0.6 is 34.4 Å². The van der Waals surface area contributed by atoms with Crippen LogP contribution in [0.25, 0.3) is 5.69 Å². The Morgan fingerprint density at radius 1 is 1.19 bits per heavy atom. The number of aromatic nitrogens is 2. The zero-order valence-electron chi connectivity index (χ0n) is 14.2. The molecule has 3 rings (SSSR count). The summed E-state index contributed by atoms with van der Waals surface area (Å²) in [6.45, 7) is 3.73. The number of H-pyrrole nitrogens is 1. The minimum atomic E-state index is -0.510. The smallest absolute Gasteiger partial charge is 0.325 e. The fourth-order valence-electron chi connectivity index (χ4n) is 2.23. The van der Waals surface area contributed by atoms with Crippen molar-refractivity contribution in [3.05, 3.63) is 68.1 Å². The summed E-state index contributed by atoms with van der Waals surface area (Å²) < 4.78 is 7.55. The minimum absolute atomic E-state index is 0.188. The minimum Gasteiger partial charge on any atom is -0.325 e. The van der Waals surface area contributed by atoms with Crippen molar-refractivity contribution in [2.75, 3.05) is 5.32 Å². The Morgan fingerprint density at radius 3 is 2.50 bits per heavy atom. The number of hydrogen-bond donors (Lipinski definition) is 2. The lowest BCUT2D eigenvalue weighted by Crippen LogP contribution is -2.37. The third-order valence-electron chi connectivity index (χ3n) is 3.67. The number of thioether (sulfide) groups is 1. The summed E-state index contributed by atoms with van der Waals surface area (Å²) in [5.41, 5.74) is 2.08. The topological polar surface area (TPSA) is 79.0 Å². The molecule has 1 unspecified atom stereocenters. The quantitative estimate of drug-likeness (QED) is 0.333. The van der Waals surface area contributed by atoms with E-state index >= 15 is 0 Å². The van der Waals surface area contributed by atoms with Gasteiger partial charge in [0.05, 0.1) is 5.25 Å². The number of hydrogen-bond acceptors (Lipinski definition) is 4. The number of rotatable bonds is 5. The van der Waals surface area contributed by atoms with Gasteiger partial charge in [-0.05, 0) is 82.4 Å². The van der Waals surface area contributed by atoms with Crippen molar-refractivity contribution in [2.45, 2.75) is 24.1 Å². The molecule has 3 aromatic rings. The summed E-state index contributed by atoms with van der Waals surface area (Å²) >= 11 is 3.35. The van der Waals surface area contributed by atoms with Crippen LogP contribution in [-0.2, 0) is 4.79 Å². The molecule has 0 saturated heterocycles. The first kappa shape index (κ1) is 18.7. The number of nitrogens with zero attached hydrogens (tertiary/aromatic N) is 1. The number of amides is 1. The maximum Gasteiger partial charge on any atom is 0.442 e. The number of anilines is 1. The maximum atomic E-state index is 12.4. The molecule has 2 aromatic carbocycles. The molecule has 1 aromatic heterocycles. The van der Waals surface area contributed by atoms with Gasteiger partial charge in [0.25, 0.3) is 0 Å². The van der Waals surface area contributed by atoms with Crippen molar-refractivity contribution in [1.29, 1.82) is 0 Å². The second kappa shape index (κ2) is 8.09. The average Bonchev–Trinajstić information content (AvgIpc) is 2.98. The average molecular weight is 482 g/mol. The first-order valence-electron chi connectivity index (χ1n) is 7.87. The molecular weight excluding hydrogens is 465 g/mol.